The molecule has 1 saturated heterocycles. The molecule has 2 N–H and O–H groups in total. The summed E-state index contributed by atoms with van der Waals surface area (Å²) in [5, 5.41) is 6.23. The molecule has 5 heteroatoms. The van der Waals surface area contributed by atoms with Crippen LogP contribution in [-0.2, 0) is 0 Å². The summed E-state index contributed by atoms with van der Waals surface area (Å²) in [6, 6.07) is 4.35. The lowest BCUT2D eigenvalue weighted by atomic mass is 9.99. The molecule has 1 fully saturated rings. The molecular weight excluding hydrogens is 221 g/mol. The number of amides is 1. The van der Waals surface area contributed by atoms with E-state index in [-0.39, 0.29) is 17.4 Å². The lowest BCUT2D eigenvalue weighted by Crippen LogP contribution is -2.64. The first-order chi connectivity index (χ1) is 8.12. The van der Waals surface area contributed by atoms with Gasteiger partial charge in [0.05, 0.1) is 11.3 Å². The maximum atomic E-state index is 13.2. The molecule has 2 aliphatic rings. The minimum absolute atomic E-state index is 0.193. The second-order valence-electron chi connectivity index (χ2n) is 4.63. The van der Waals surface area contributed by atoms with Crippen LogP contribution < -0.4 is 15.5 Å². The minimum Gasteiger partial charge on any atom is -0.350 e. The van der Waals surface area contributed by atoms with Gasteiger partial charge in [-0.15, -0.1) is 0 Å². The zero-order chi connectivity index (χ0) is 12.0. The third-order valence-electron chi connectivity index (χ3n) is 3.69. The van der Waals surface area contributed by atoms with Gasteiger partial charge in [0.2, 0.25) is 0 Å². The first-order valence-corrected chi connectivity index (χ1v) is 5.69. The van der Waals surface area contributed by atoms with Crippen molar-refractivity contribution in [1.29, 1.82) is 0 Å². The van der Waals surface area contributed by atoms with E-state index in [9.17, 15) is 9.18 Å². The molecule has 17 heavy (non-hydrogen) atoms. The number of benzene rings is 1. The quantitative estimate of drug-likeness (QED) is 0.695. The highest BCUT2D eigenvalue weighted by atomic mass is 19.1. The number of carbonyl (C=O) groups excluding carboxylic acids is 1. The van der Waals surface area contributed by atoms with E-state index < -0.39 is 0 Å². The van der Waals surface area contributed by atoms with Crippen LogP contribution in [0.25, 0.3) is 0 Å². The van der Waals surface area contributed by atoms with E-state index in [2.05, 4.69) is 10.6 Å². The van der Waals surface area contributed by atoms with Crippen molar-refractivity contribution in [2.24, 2.45) is 0 Å². The lowest BCUT2D eigenvalue weighted by molar-refractivity contribution is 0.0891. The van der Waals surface area contributed by atoms with Crippen LogP contribution in [-0.4, -0.2) is 31.7 Å². The van der Waals surface area contributed by atoms with Crippen LogP contribution in [0.5, 0.6) is 0 Å². The fourth-order valence-corrected chi connectivity index (χ4v) is 2.65. The number of halogens is 1. The Morgan fingerprint density at radius 1 is 1.47 bits per heavy atom. The van der Waals surface area contributed by atoms with E-state index in [4.69, 9.17) is 0 Å². The molecule has 3 rings (SSSR count). The molecule has 1 amide bonds. The van der Waals surface area contributed by atoms with Crippen LogP contribution in [0.3, 0.4) is 0 Å². The molecule has 0 aromatic heterocycles. The van der Waals surface area contributed by atoms with Crippen molar-refractivity contribution in [2.75, 3.05) is 25.0 Å². The van der Waals surface area contributed by atoms with Crippen LogP contribution >= 0.6 is 0 Å². The van der Waals surface area contributed by atoms with E-state index >= 15 is 0 Å². The first-order valence-electron chi connectivity index (χ1n) is 5.69. The average molecular weight is 235 g/mol. The molecule has 2 aliphatic heterocycles. The molecule has 0 saturated carbocycles. The van der Waals surface area contributed by atoms with Gasteiger partial charge in [0.15, 0.2) is 0 Å². The number of hydrogen-bond donors (Lipinski definition) is 2. The van der Waals surface area contributed by atoms with Crippen molar-refractivity contribution >= 4 is 11.6 Å². The van der Waals surface area contributed by atoms with Gasteiger partial charge in [-0.1, -0.05) is 0 Å². The summed E-state index contributed by atoms with van der Waals surface area (Å²) < 4.78 is 13.2. The van der Waals surface area contributed by atoms with E-state index in [0.717, 1.165) is 18.7 Å². The predicted molar refractivity (Wildman–Crippen MR) is 62.5 cm³/mol. The number of carbonyl (C=O) groups is 1. The summed E-state index contributed by atoms with van der Waals surface area (Å²) >= 11 is 0. The number of anilines is 1. The maximum Gasteiger partial charge on any atom is 0.255 e. The largest absolute Gasteiger partial charge is 0.350 e. The van der Waals surface area contributed by atoms with Crippen molar-refractivity contribution in [2.45, 2.75) is 12.1 Å². The zero-order valence-corrected chi connectivity index (χ0v) is 9.59. The van der Waals surface area contributed by atoms with E-state index in [1.165, 1.54) is 12.1 Å². The molecule has 1 aromatic carbocycles. The van der Waals surface area contributed by atoms with Crippen molar-refractivity contribution in [3.05, 3.63) is 29.6 Å². The maximum absolute atomic E-state index is 13.2. The summed E-state index contributed by atoms with van der Waals surface area (Å²) in [5.41, 5.74) is 0.839. The Labute approximate surface area is 98.8 Å². The molecule has 2 heterocycles. The second kappa shape index (κ2) is 3.43. The Balaban J connectivity index is 2.10. The summed E-state index contributed by atoms with van der Waals surface area (Å²) in [4.78, 5) is 14.0. The molecule has 1 atom stereocenters. The molecular formula is C12H14FN3O. The smallest absolute Gasteiger partial charge is 0.255 e. The van der Waals surface area contributed by atoms with Gasteiger partial charge in [-0.05, 0) is 24.7 Å². The number of likely N-dealkylation sites (N-methyl/N-ethyl adjacent to an activating group) is 1. The van der Waals surface area contributed by atoms with Gasteiger partial charge < -0.3 is 15.5 Å². The zero-order valence-electron chi connectivity index (χ0n) is 9.59. The van der Waals surface area contributed by atoms with Gasteiger partial charge in [0.25, 0.3) is 5.91 Å². The van der Waals surface area contributed by atoms with Gasteiger partial charge in [0, 0.05) is 20.0 Å². The molecule has 4 nitrogen and oxygen atoms in total. The van der Waals surface area contributed by atoms with E-state index in [1.807, 2.05) is 11.9 Å². The fraction of sp³-hybridized carbons (Fsp3) is 0.417. The highest BCUT2D eigenvalue weighted by Gasteiger charge is 2.44. The Hall–Kier alpha value is -1.62. The van der Waals surface area contributed by atoms with E-state index in [0.29, 0.717) is 12.1 Å². The Morgan fingerprint density at radius 3 is 3.00 bits per heavy atom. The monoisotopic (exact) mass is 235 g/mol. The highest BCUT2D eigenvalue weighted by molar-refractivity contribution is 6.02. The number of nitrogens with one attached hydrogen (secondary N) is 2. The lowest BCUT2D eigenvalue weighted by Gasteiger charge is -2.44. The van der Waals surface area contributed by atoms with Gasteiger partial charge in [-0.25, -0.2) is 4.39 Å². The van der Waals surface area contributed by atoms with Crippen LogP contribution in [0.4, 0.5) is 10.1 Å². The van der Waals surface area contributed by atoms with E-state index in [1.54, 1.807) is 6.07 Å². The van der Waals surface area contributed by atoms with Crippen molar-refractivity contribution < 1.29 is 9.18 Å². The summed E-state index contributed by atoms with van der Waals surface area (Å²) in [6.45, 7) is 1.59. The minimum atomic E-state index is -0.382. The number of rotatable bonds is 0. The van der Waals surface area contributed by atoms with Gasteiger partial charge in [0.1, 0.15) is 11.5 Å². The third-order valence-corrected chi connectivity index (χ3v) is 3.69. The molecule has 0 aliphatic carbocycles. The fourth-order valence-electron chi connectivity index (χ4n) is 2.65. The molecule has 0 radical (unpaired) electrons. The third kappa shape index (κ3) is 1.42. The number of hydrogen-bond acceptors (Lipinski definition) is 3. The normalized spacial score (nSPS) is 27.2. The van der Waals surface area contributed by atoms with Crippen LogP contribution in [0.2, 0.25) is 0 Å². The summed E-state index contributed by atoms with van der Waals surface area (Å²) in [6.07, 6.45) is 0.853. The number of fused-ring (bicyclic) bond motifs is 1. The van der Waals surface area contributed by atoms with Crippen molar-refractivity contribution in [3.63, 3.8) is 0 Å². The standard InChI is InChI=1S/C12H14FN3O/c1-16-10-3-2-8(13)6-9(10)11(17)15-12(16)4-5-14-7-12/h2-3,6,14H,4-5,7H2,1H3,(H,15,17)/t12-/m1/s1. The molecule has 0 unspecified atom stereocenters. The Bertz CT molecular complexity index is 483. The van der Waals surface area contributed by atoms with Gasteiger partial charge in [-0.2, -0.15) is 0 Å². The highest BCUT2D eigenvalue weighted by Crippen LogP contribution is 2.33. The van der Waals surface area contributed by atoms with Gasteiger partial charge in [-0.3, -0.25) is 4.79 Å². The summed E-state index contributed by atoms with van der Waals surface area (Å²) in [5.74, 6) is -0.575. The second-order valence-corrected chi connectivity index (χ2v) is 4.63. The SMILES string of the molecule is CN1c2ccc(F)cc2C(=O)N[C@]12CCNC2. The Morgan fingerprint density at radius 2 is 2.29 bits per heavy atom. The molecule has 90 valence electrons. The van der Waals surface area contributed by atoms with Crippen molar-refractivity contribution in [3.8, 4) is 0 Å². The van der Waals surface area contributed by atoms with Crippen LogP contribution in [0.1, 0.15) is 16.8 Å². The molecule has 1 aromatic rings. The molecule has 1 spiro atoms. The van der Waals surface area contributed by atoms with Crippen LogP contribution in [0, 0.1) is 5.82 Å². The first kappa shape index (κ1) is 10.5. The average Bonchev–Trinajstić information content (AvgIpc) is 2.76. The van der Waals surface area contributed by atoms with Crippen LogP contribution in [0.15, 0.2) is 18.2 Å². The predicted octanol–water partition coefficient (Wildman–Crippen LogP) is 0.695. The summed E-state index contributed by atoms with van der Waals surface area (Å²) in [7, 11) is 1.93. The Kier molecular flexibility index (Phi) is 2.13. The van der Waals surface area contributed by atoms with Gasteiger partial charge >= 0.3 is 0 Å². The topological polar surface area (TPSA) is 44.4 Å². The number of nitrogens with zero attached hydrogens (tertiary/aromatic N) is 1. The van der Waals surface area contributed by atoms with Crippen molar-refractivity contribution in [1.82, 2.24) is 10.6 Å². The molecule has 0 bridgehead atoms.